The lowest BCUT2D eigenvalue weighted by Crippen LogP contribution is -2.43. The van der Waals surface area contributed by atoms with Crippen LogP contribution in [-0.4, -0.2) is 39.3 Å². The van der Waals surface area contributed by atoms with Crippen molar-refractivity contribution in [3.05, 3.63) is 29.8 Å². The molecule has 0 spiro atoms. The molecule has 110 valence electrons. The SMILES string of the molecule is CNC1COCC1C(=O)N[C@@H](C)c1cccc(OC)c1. The van der Waals surface area contributed by atoms with Gasteiger partial charge >= 0.3 is 0 Å². The van der Waals surface area contributed by atoms with Crippen LogP contribution in [0.3, 0.4) is 0 Å². The van der Waals surface area contributed by atoms with E-state index in [4.69, 9.17) is 9.47 Å². The smallest absolute Gasteiger partial charge is 0.227 e. The van der Waals surface area contributed by atoms with Crippen LogP contribution in [0, 0.1) is 5.92 Å². The van der Waals surface area contributed by atoms with E-state index in [9.17, 15) is 4.79 Å². The summed E-state index contributed by atoms with van der Waals surface area (Å²) in [5.74, 6) is 0.686. The molecule has 1 amide bonds. The number of amides is 1. The molecular formula is C15H22N2O3. The van der Waals surface area contributed by atoms with Gasteiger partial charge in [-0.25, -0.2) is 0 Å². The van der Waals surface area contributed by atoms with E-state index in [1.807, 2.05) is 38.2 Å². The highest BCUT2D eigenvalue weighted by atomic mass is 16.5. The van der Waals surface area contributed by atoms with Crippen molar-refractivity contribution in [2.24, 2.45) is 5.92 Å². The van der Waals surface area contributed by atoms with Gasteiger partial charge in [-0.3, -0.25) is 4.79 Å². The molecule has 0 aromatic heterocycles. The van der Waals surface area contributed by atoms with Gasteiger partial charge in [0, 0.05) is 6.04 Å². The summed E-state index contributed by atoms with van der Waals surface area (Å²) in [6, 6.07) is 7.76. The second-order valence-electron chi connectivity index (χ2n) is 5.05. The van der Waals surface area contributed by atoms with Crippen LogP contribution >= 0.6 is 0 Å². The summed E-state index contributed by atoms with van der Waals surface area (Å²) in [5, 5.41) is 6.16. The van der Waals surface area contributed by atoms with Gasteiger partial charge in [-0.05, 0) is 31.7 Å². The van der Waals surface area contributed by atoms with Gasteiger partial charge in [0.15, 0.2) is 0 Å². The summed E-state index contributed by atoms with van der Waals surface area (Å²) >= 11 is 0. The van der Waals surface area contributed by atoms with E-state index in [1.165, 1.54) is 0 Å². The molecular weight excluding hydrogens is 256 g/mol. The Kier molecular flexibility index (Phi) is 4.98. The molecule has 2 N–H and O–H groups in total. The van der Waals surface area contributed by atoms with E-state index < -0.39 is 0 Å². The van der Waals surface area contributed by atoms with Gasteiger partial charge < -0.3 is 20.1 Å². The molecule has 1 aromatic carbocycles. The third-order valence-electron chi connectivity index (χ3n) is 3.74. The minimum absolute atomic E-state index is 0.0252. The maximum atomic E-state index is 12.3. The summed E-state index contributed by atoms with van der Waals surface area (Å²) in [7, 11) is 3.49. The van der Waals surface area contributed by atoms with E-state index in [-0.39, 0.29) is 23.9 Å². The van der Waals surface area contributed by atoms with E-state index in [0.29, 0.717) is 13.2 Å². The Balaban J connectivity index is 1.99. The number of hydrogen-bond donors (Lipinski definition) is 2. The zero-order chi connectivity index (χ0) is 14.5. The number of ether oxygens (including phenoxy) is 2. The number of likely N-dealkylation sites (N-methyl/N-ethyl adjacent to an activating group) is 1. The minimum atomic E-state index is -0.131. The minimum Gasteiger partial charge on any atom is -0.497 e. The van der Waals surface area contributed by atoms with Gasteiger partial charge in [0.05, 0.1) is 32.3 Å². The largest absolute Gasteiger partial charge is 0.497 e. The van der Waals surface area contributed by atoms with Crippen LogP contribution in [0.2, 0.25) is 0 Å². The third-order valence-corrected chi connectivity index (χ3v) is 3.74. The molecule has 1 aliphatic rings. The van der Waals surface area contributed by atoms with Crippen molar-refractivity contribution >= 4 is 5.91 Å². The average Bonchev–Trinajstić information content (AvgIpc) is 2.95. The van der Waals surface area contributed by atoms with E-state index in [2.05, 4.69) is 10.6 Å². The van der Waals surface area contributed by atoms with E-state index in [0.717, 1.165) is 11.3 Å². The molecule has 0 aliphatic carbocycles. The lowest BCUT2D eigenvalue weighted by atomic mass is 10.0. The van der Waals surface area contributed by atoms with Crippen LogP contribution < -0.4 is 15.4 Å². The Labute approximate surface area is 119 Å². The van der Waals surface area contributed by atoms with Gasteiger partial charge in [0.25, 0.3) is 0 Å². The molecule has 5 nitrogen and oxygen atoms in total. The number of carbonyl (C=O) groups excluding carboxylic acids is 1. The lowest BCUT2D eigenvalue weighted by Gasteiger charge is -2.20. The number of nitrogens with one attached hydrogen (secondary N) is 2. The maximum absolute atomic E-state index is 12.3. The number of methoxy groups -OCH3 is 1. The predicted molar refractivity (Wildman–Crippen MR) is 76.7 cm³/mol. The average molecular weight is 278 g/mol. The fraction of sp³-hybridized carbons (Fsp3) is 0.533. The summed E-state index contributed by atoms with van der Waals surface area (Å²) < 4.78 is 10.6. The van der Waals surface area contributed by atoms with Crippen molar-refractivity contribution in [1.82, 2.24) is 10.6 Å². The van der Waals surface area contributed by atoms with Crippen molar-refractivity contribution in [2.45, 2.75) is 19.0 Å². The first kappa shape index (κ1) is 14.8. The number of benzene rings is 1. The molecule has 5 heteroatoms. The predicted octanol–water partition coefficient (Wildman–Crippen LogP) is 1.11. The third kappa shape index (κ3) is 3.29. The zero-order valence-corrected chi connectivity index (χ0v) is 12.2. The van der Waals surface area contributed by atoms with Crippen LogP contribution in [0.1, 0.15) is 18.5 Å². The van der Waals surface area contributed by atoms with Gasteiger partial charge in [-0.15, -0.1) is 0 Å². The van der Waals surface area contributed by atoms with Crippen molar-refractivity contribution in [3.63, 3.8) is 0 Å². The summed E-state index contributed by atoms with van der Waals surface area (Å²) in [4.78, 5) is 12.3. The van der Waals surface area contributed by atoms with E-state index >= 15 is 0 Å². The molecule has 1 aromatic rings. The molecule has 0 saturated carbocycles. The monoisotopic (exact) mass is 278 g/mol. The highest BCUT2D eigenvalue weighted by molar-refractivity contribution is 5.80. The van der Waals surface area contributed by atoms with Gasteiger partial charge in [-0.1, -0.05) is 12.1 Å². The van der Waals surface area contributed by atoms with Crippen LogP contribution in [0.4, 0.5) is 0 Å². The maximum Gasteiger partial charge on any atom is 0.227 e. The molecule has 1 heterocycles. The second kappa shape index (κ2) is 6.72. The molecule has 3 atom stereocenters. The first-order chi connectivity index (χ1) is 9.65. The molecule has 0 bridgehead atoms. The molecule has 2 unspecified atom stereocenters. The fourth-order valence-corrected chi connectivity index (χ4v) is 2.41. The molecule has 1 fully saturated rings. The Bertz CT molecular complexity index is 464. The summed E-state index contributed by atoms with van der Waals surface area (Å²) in [5.41, 5.74) is 1.03. The zero-order valence-electron chi connectivity index (χ0n) is 12.2. The Morgan fingerprint density at radius 3 is 2.95 bits per heavy atom. The fourth-order valence-electron chi connectivity index (χ4n) is 2.41. The number of carbonyl (C=O) groups is 1. The van der Waals surface area contributed by atoms with Crippen LogP contribution in [-0.2, 0) is 9.53 Å². The van der Waals surface area contributed by atoms with Gasteiger partial charge in [-0.2, -0.15) is 0 Å². The number of hydrogen-bond acceptors (Lipinski definition) is 4. The molecule has 0 radical (unpaired) electrons. The van der Waals surface area contributed by atoms with Crippen LogP contribution in [0.5, 0.6) is 5.75 Å². The highest BCUT2D eigenvalue weighted by Gasteiger charge is 2.33. The standard InChI is InChI=1S/C15H22N2O3/c1-10(11-5-4-6-12(7-11)19-3)17-15(18)13-8-20-9-14(13)16-2/h4-7,10,13-14,16H,8-9H2,1-3H3,(H,17,18)/t10-,13?,14?/m0/s1. The Morgan fingerprint density at radius 2 is 2.25 bits per heavy atom. The van der Waals surface area contributed by atoms with E-state index in [1.54, 1.807) is 7.11 Å². The van der Waals surface area contributed by atoms with Gasteiger partial charge in [0.1, 0.15) is 5.75 Å². The molecule has 1 aliphatic heterocycles. The van der Waals surface area contributed by atoms with Crippen LogP contribution in [0.25, 0.3) is 0 Å². The van der Waals surface area contributed by atoms with Crippen molar-refractivity contribution in [3.8, 4) is 5.75 Å². The molecule has 2 rings (SSSR count). The summed E-state index contributed by atoms with van der Waals surface area (Å²) in [6.07, 6.45) is 0. The quantitative estimate of drug-likeness (QED) is 0.847. The summed E-state index contributed by atoms with van der Waals surface area (Å²) in [6.45, 7) is 3.03. The Morgan fingerprint density at radius 1 is 1.45 bits per heavy atom. The lowest BCUT2D eigenvalue weighted by molar-refractivity contribution is -0.126. The highest BCUT2D eigenvalue weighted by Crippen LogP contribution is 2.20. The van der Waals surface area contributed by atoms with Crippen LogP contribution in [0.15, 0.2) is 24.3 Å². The second-order valence-corrected chi connectivity index (χ2v) is 5.05. The topological polar surface area (TPSA) is 59.6 Å². The Hall–Kier alpha value is -1.59. The number of rotatable bonds is 5. The first-order valence-electron chi connectivity index (χ1n) is 6.85. The van der Waals surface area contributed by atoms with Crippen molar-refractivity contribution in [1.29, 1.82) is 0 Å². The van der Waals surface area contributed by atoms with Crippen molar-refractivity contribution in [2.75, 3.05) is 27.4 Å². The first-order valence-corrected chi connectivity index (χ1v) is 6.85. The van der Waals surface area contributed by atoms with Crippen molar-refractivity contribution < 1.29 is 14.3 Å². The molecule has 1 saturated heterocycles. The van der Waals surface area contributed by atoms with Gasteiger partial charge in [0.2, 0.25) is 5.91 Å². The molecule has 20 heavy (non-hydrogen) atoms. The normalized spacial score (nSPS) is 23.4.